The van der Waals surface area contributed by atoms with Gasteiger partial charge in [-0.25, -0.2) is 0 Å². The van der Waals surface area contributed by atoms with E-state index in [-0.39, 0.29) is 5.91 Å². The van der Waals surface area contributed by atoms with Gasteiger partial charge in [-0.2, -0.15) is 0 Å². The van der Waals surface area contributed by atoms with E-state index in [1.807, 2.05) is 25.2 Å². The van der Waals surface area contributed by atoms with E-state index in [1.54, 1.807) is 17.3 Å². The lowest BCUT2D eigenvalue weighted by Crippen LogP contribution is -2.37. The molecule has 3 rings (SSSR count). The van der Waals surface area contributed by atoms with Crippen molar-refractivity contribution >= 4 is 32.9 Å². The van der Waals surface area contributed by atoms with E-state index in [9.17, 15) is 4.79 Å². The minimum atomic E-state index is 0.0515. The molecule has 0 N–H and O–H groups in total. The molecule has 1 aliphatic carbocycles. The highest BCUT2D eigenvalue weighted by Crippen LogP contribution is 2.33. The smallest absolute Gasteiger partial charge is 0.253 e. The van der Waals surface area contributed by atoms with Crippen LogP contribution in [-0.2, 0) is 0 Å². The van der Waals surface area contributed by atoms with Crippen molar-refractivity contribution in [2.45, 2.75) is 17.7 Å². The number of hydrogen-bond acceptors (Lipinski definition) is 3. The lowest BCUT2D eigenvalue weighted by atomic mass is 9.85. The van der Waals surface area contributed by atoms with Gasteiger partial charge in [0.15, 0.2) is 0 Å². The monoisotopic (exact) mass is 333 g/mol. The van der Waals surface area contributed by atoms with Gasteiger partial charge in [-0.15, -0.1) is 0 Å². The Labute approximate surface area is 126 Å². The molecule has 0 radical (unpaired) electrons. The predicted octanol–water partition coefficient (Wildman–Crippen LogP) is 2.88. The van der Waals surface area contributed by atoms with Crippen molar-refractivity contribution in [2.75, 3.05) is 13.6 Å². The van der Waals surface area contributed by atoms with Crippen LogP contribution in [0.15, 0.2) is 30.6 Å². The fraction of sp³-hybridized carbons (Fsp3) is 0.400. The number of benzene rings is 1. The largest absolute Gasteiger partial charge is 0.341 e. The minimum absolute atomic E-state index is 0.0515. The Kier molecular flexibility index (Phi) is 3.70. The molecule has 4 nitrogen and oxygen atoms in total. The van der Waals surface area contributed by atoms with Gasteiger partial charge >= 0.3 is 0 Å². The second-order valence-electron chi connectivity index (χ2n) is 5.38. The fourth-order valence-electron chi connectivity index (χ4n) is 2.59. The number of carbonyl (C=O) groups excluding carboxylic acids is 1. The number of nitrogens with zero attached hydrogens (tertiary/aromatic N) is 3. The number of fused-ring (bicyclic) bond motifs is 1. The summed E-state index contributed by atoms with van der Waals surface area (Å²) in [5.74, 6) is 0.671. The summed E-state index contributed by atoms with van der Waals surface area (Å²) in [6.45, 7) is 0.819. The molecule has 0 saturated heterocycles. The van der Waals surface area contributed by atoms with E-state index in [4.69, 9.17) is 0 Å². The van der Waals surface area contributed by atoms with E-state index in [0.717, 1.165) is 30.4 Å². The molecule has 0 atom stereocenters. The standard InChI is InChI=1S/C15H16BrN3O/c1-19(9-10-6-12(16)7-10)15(20)11-2-3-13-14(8-11)18-5-4-17-13/h2-5,8,10,12H,6-7,9H2,1H3. The maximum atomic E-state index is 12.4. The summed E-state index contributed by atoms with van der Waals surface area (Å²) in [5, 5.41) is 0. The first-order valence-electron chi connectivity index (χ1n) is 6.74. The topological polar surface area (TPSA) is 46.1 Å². The summed E-state index contributed by atoms with van der Waals surface area (Å²) in [7, 11) is 1.87. The van der Waals surface area contributed by atoms with Crippen molar-refractivity contribution in [3.8, 4) is 0 Å². The summed E-state index contributed by atoms with van der Waals surface area (Å²) in [6, 6.07) is 5.49. The Morgan fingerprint density at radius 3 is 2.70 bits per heavy atom. The number of rotatable bonds is 3. The fourth-order valence-corrected chi connectivity index (χ4v) is 3.65. The van der Waals surface area contributed by atoms with Crippen LogP contribution in [-0.4, -0.2) is 39.2 Å². The van der Waals surface area contributed by atoms with Crippen LogP contribution in [0, 0.1) is 5.92 Å². The number of halogens is 1. The maximum absolute atomic E-state index is 12.4. The van der Waals surface area contributed by atoms with Gasteiger partial charge in [0, 0.05) is 36.4 Å². The van der Waals surface area contributed by atoms with Crippen LogP contribution in [0.25, 0.3) is 11.0 Å². The van der Waals surface area contributed by atoms with Crippen molar-refractivity contribution in [1.29, 1.82) is 0 Å². The third-order valence-corrected chi connectivity index (χ3v) is 4.52. The molecular weight excluding hydrogens is 318 g/mol. The summed E-state index contributed by atoms with van der Waals surface area (Å²) in [6.07, 6.45) is 5.61. The van der Waals surface area contributed by atoms with Crippen molar-refractivity contribution in [3.05, 3.63) is 36.2 Å². The molecule has 0 spiro atoms. The molecule has 0 unspecified atom stereocenters. The molecule has 0 aliphatic heterocycles. The predicted molar refractivity (Wildman–Crippen MR) is 81.9 cm³/mol. The number of alkyl halides is 1. The summed E-state index contributed by atoms with van der Waals surface area (Å²) >= 11 is 3.58. The normalized spacial score (nSPS) is 21.5. The summed E-state index contributed by atoms with van der Waals surface area (Å²) < 4.78 is 0. The van der Waals surface area contributed by atoms with Crippen LogP contribution >= 0.6 is 15.9 Å². The van der Waals surface area contributed by atoms with Gasteiger partial charge in [0.1, 0.15) is 0 Å². The third-order valence-electron chi connectivity index (χ3n) is 3.77. The van der Waals surface area contributed by atoms with Crippen molar-refractivity contribution < 1.29 is 4.79 Å². The highest BCUT2D eigenvalue weighted by Gasteiger charge is 2.28. The van der Waals surface area contributed by atoms with Gasteiger partial charge < -0.3 is 4.90 Å². The SMILES string of the molecule is CN(CC1CC(Br)C1)C(=O)c1ccc2nccnc2c1. The van der Waals surface area contributed by atoms with Gasteiger partial charge in [-0.3, -0.25) is 14.8 Å². The van der Waals surface area contributed by atoms with E-state index in [1.165, 1.54) is 0 Å². The van der Waals surface area contributed by atoms with Gasteiger partial charge in [0.2, 0.25) is 0 Å². The van der Waals surface area contributed by atoms with E-state index < -0.39 is 0 Å². The molecule has 104 valence electrons. The summed E-state index contributed by atoms with van der Waals surface area (Å²) in [5.41, 5.74) is 2.25. The van der Waals surface area contributed by atoms with Gasteiger partial charge in [-0.05, 0) is 37.0 Å². The quantitative estimate of drug-likeness (QED) is 0.811. The second-order valence-corrected chi connectivity index (χ2v) is 6.68. The lowest BCUT2D eigenvalue weighted by molar-refractivity contribution is 0.0749. The van der Waals surface area contributed by atoms with E-state index in [2.05, 4.69) is 25.9 Å². The third kappa shape index (κ3) is 2.68. The number of hydrogen-bond donors (Lipinski definition) is 0. The van der Waals surface area contributed by atoms with Crippen LogP contribution in [0.5, 0.6) is 0 Å². The Balaban J connectivity index is 1.74. The Morgan fingerprint density at radius 1 is 1.30 bits per heavy atom. The molecule has 1 aromatic carbocycles. The highest BCUT2D eigenvalue weighted by molar-refractivity contribution is 9.09. The van der Waals surface area contributed by atoms with Gasteiger partial charge in [-0.1, -0.05) is 15.9 Å². The molecule has 1 amide bonds. The molecule has 1 heterocycles. The van der Waals surface area contributed by atoms with E-state index in [0.29, 0.717) is 16.3 Å². The lowest BCUT2D eigenvalue weighted by Gasteiger charge is -2.34. The van der Waals surface area contributed by atoms with Crippen LogP contribution in [0.4, 0.5) is 0 Å². The van der Waals surface area contributed by atoms with Crippen LogP contribution < -0.4 is 0 Å². The zero-order valence-electron chi connectivity index (χ0n) is 11.3. The number of carbonyl (C=O) groups is 1. The minimum Gasteiger partial charge on any atom is -0.341 e. The molecule has 2 aromatic rings. The first kappa shape index (κ1) is 13.5. The van der Waals surface area contributed by atoms with Crippen molar-refractivity contribution in [2.24, 2.45) is 5.92 Å². The molecule has 5 heteroatoms. The second kappa shape index (κ2) is 5.48. The van der Waals surface area contributed by atoms with E-state index >= 15 is 0 Å². The van der Waals surface area contributed by atoms with Crippen LogP contribution in [0.1, 0.15) is 23.2 Å². The molecule has 1 aliphatic rings. The first-order chi connectivity index (χ1) is 9.63. The van der Waals surface area contributed by atoms with Crippen molar-refractivity contribution in [3.63, 3.8) is 0 Å². The Morgan fingerprint density at radius 2 is 2.00 bits per heavy atom. The van der Waals surface area contributed by atoms with Crippen LogP contribution in [0.3, 0.4) is 0 Å². The Bertz CT molecular complexity index is 640. The highest BCUT2D eigenvalue weighted by atomic mass is 79.9. The average molecular weight is 334 g/mol. The maximum Gasteiger partial charge on any atom is 0.253 e. The van der Waals surface area contributed by atoms with Crippen molar-refractivity contribution in [1.82, 2.24) is 14.9 Å². The molecule has 1 aromatic heterocycles. The molecule has 0 bridgehead atoms. The number of amides is 1. The zero-order valence-corrected chi connectivity index (χ0v) is 12.9. The van der Waals surface area contributed by atoms with Gasteiger partial charge in [0.25, 0.3) is 5.91 Å². The molecular formula is C15H16BrN3O. The molecule has 1 fully saturated rings. The number of aromatic nitrogens is 2. The first-order valence-corrected chi connectivity index (χ1v) is 7.65. The molecule has 1 saturated carbocycles. The molecule has 20 heavy (non-hydrogen) atoms. The van der Waals surface area contributed by atoms with Crippen LogP contribution in [0.2, 0.25) is 0 Å². The summed E-state index contributed by atoms with van der Waals surface area (Å²) in [4.78, 5) is 23.3. The van der Waals surface area contributed by atoms with Gasteiger partial charge in [0.05, 0.1) is 11.0 Å². The zero-order chi connectivity index (χ0) is 14.1. The average Bonchev–Trinajstić information content (AvgIpc) is 2.44. The Hall–Kier alpha value is -1.49.